The predicted octanol–water partition coefficient (Wildman–Crippen LogP) is 4.27. The fourth-order valence-corrected chi connectivity index (χ4v) is 5.44. The van der Waals surface area contributed by atoms with Gasteiger partial charge in [0.25, 0.3) is 5.56 Å². The number of hydrogen-bond donors (Lipinski definition) is 0. The van der Waals surface area contributed by atoms with E-state index in [2.05, 4.69) is 27.0 Å². The lowest BCUT2D eigenvalue weighted by atomic mass is 9.69. The average molecular weight is 506 g/mol. The molecule has 8 nitrogen and oxygen atoms in total. The van der Waals surface area contributed by atoms with Crippen LogP contribution in [0.25, 0.3) is 11.3 Å². The molecular weight excluding hydrogens is 473 g/mol. The zero-order chi connectivity index (χ0) is 26.4. The number of carbonyl (C=O) groups excluding carboxylic acids is 1. The minimum atomic E-state index is -0.569. The Hall–Kier alpha value is -3.75. The molecule has 3 aromatic rings. The third kappa shape index (κ3) is 4.82. The second-order valence-electron chi connectivity index (χ2n) is 11.0. The summed E-state index contributed by atoms with van der Waals surface area (Å²) in [7, 11) is 1.68. The largest absolute Gasteiger partial charge is 0.444 e. The van der Waals surface area contributed by atoms with Crippen LogP contribution in [-0.4, -0.2) is 50.8 Å². The van der Waals surface area contributed by atoms with Crippen molar-refractivity contribution in [2.75, 3.05) is 24.5 Å². The van der Waals surface area contributed by atoms with Gasteiger partial charge >= 0.3 is 6.09 Å². The molecule has 2 aliphatic heterocycles. The minimum absolute atomic E-state index is 0.226. The van der Waals surface area contributed by atoms with E-state index in [4.69, 9.17) is 4.74 Å². The first-order valence-electron chi connectivity index (χ1n) is 12.6. The van der Waals surface area contributed by atoms with E-state index in [0.29, 0.717) is 32.1 Å². The lowest BCUT2D eigenvalue weighted by molar-refractivity contribution is 0.0142. The van der Waals surface area contributed by atoms with Crippen molar-refractivity contribution in [1.82, 2.24) is 19.4 Å². The van der Waals surface area contributed by atoms with Gasteiger partial charge in [0.1, 0.15) is 5.60 Å². The fraction of sp³-hybridized carbons (Fsp3) is 0.429. The summed E-state index contributed by atoms with van der Waals surface area (Å²) in [4.78, 5) is 38.2. The lowest BCUT2D eigenvalue weighted by Crippen LogP contribution is -2.54. The minimum Gasteiger partial charge on any atom is -0.444 e. The molecule has 0 atom stereocenters. The molecule has 0 saturated carbocycles. The molecule has 4 heterocycles. The summed E-state index contributed by atoms with van der Waals surface area (Å²) in [5.74, 6) is -0.0190. The van der Waals surface area contributed by atoms with Gasteiger partial charge < -0.3 is 14.5 Å². The number of benzene rings is 1. The number of aromatic nitrogens is 3. The number of pyridine rings is 1. The first-order valence-corrected chi connectivity index (χ1v) is 12.6. The Bertz CT molecular complexity index is 1390. The van der Waals surface area contributed by atoms with E-state index in [1.807, 2.05) is 37.8 Å². The number of carbonyl (C=O) groups is 1. The average Bonchev–Trinajstić information content (AvgIpc) is 2.86. The summed E-state index contributed by atoms with van der Waals surface area (Å²) in [6, 6.07) is 11.2. The van der Waals surface area contributed by atoms with E-state index >= 15 is 0 Å². The Morgan fingerprint density at radius 2 is 1.86 bits per heavy atom. The summed E-state index contributed by atoms with van der Waals surface area (Å²) in [5, 5.41) is 0. The second kappa shape index (κ2) is 9.28. The van der Waals surface area contributed by atoms with Crippen molar-refractivity contribution in [1.29, 1.82) is 0 Å². The number of anilines is 1. The van der Waals surface area contributed by atoms with E-state index in [1.54, 1.807) is 7.05 Å². The molecule has 37 heavy (non-hydrogen) atoms. The van der Waals surface area contributed by atoms with Gasteiger partial charge in [-0.1, -0.05) is 24.3 Å². The molecule has 0 radical (unpaired) electrons. The number of rotatable bonds is 2. The summed E-state index contributed by atoms with van der Waals surface area (Å²) in [5.41, 5.74) is 1.89. The first-order chi connectivity index (χ1) is 17.6. The Balaban J connectivity index is 1.44. The van der Waals surface area contributed by atoms with Gasteiger partial charge in [-0.15, -0.1) is 0 Å². The molecule has 2 aromatic heterocycles. The van der Waals surface area contributed by atoms with Crippen molar-refractivity contribution < 1.29 is 13.9 Å². The van der Waals surface area contributed by atoms with Crippen LogP contribution in [0.15, 0.2) is 53.6 Å². The fourth-order valence-electron chi connectivity index (χ4n) is 5.44. The number of fused-ring (bicyclic) bond motifs is 2. The van der Waals surface area contributed by atoms with Crippen molar-refractivity contribution in [2.24, 2.45) is 7.05 Å². The number of hydrogen-bond acceptors (Lipinski definition) is 6. The molecule has 194 valence electrons. The maximum atomic E-state index is 14.4. The molecule has 1 amide bonds. The number of piperidine rings is 1. The van der Waals surface area contributed by atoms with Gasteiger partial charge in [-0.3, -0.25) is 14.3 Å². The predicted molar refractivity (Wildman–Crippen MR) is 139 cm³/mol. The SMILES string of the molecule is Cn1c(N2CCC3(CC2)CN(C(=O)OC(C)(C)C)Cc2ccccc23)nc(-c2ccncc2F)cc1=O. The van der Waals surface area contributed by atoms with Crippen LogP contribution in [0.3, 0.4) is 0 Å². The number of nitrogens with zero attached hydrogens (tertiary/aromatic N) is 5. The maximum Gasteiger partial charge on any atom is 0.410 e. The quantitative estimate of drug-likeness (QED) is 0.518. The molecule has 0 aliphatic carbocycles. The molecule has 1 aromatic carbocycles. The van der Waals surface area contributed by atoms with Gasteiger partial charge in [-0.25, -0.2) is 14.2 Å². The number of amides is 1. The Morgan fingerprint density at radius 1 is 1.14 bits per heavy atom. The van der Waals surface area contributed by atoms with Crippen molar-refractivity contribution >= 4 is 12.0 Å². The molecule has 0 bridgehead atoms. The van der Waals surface area contributed by atoms with Gasteiger partial charge in [0.05, 0.1) is 11.9 Å². The lowest BCUT2D eigenvalue weighted by Gasteiger charge is -2.48. The van der Waals surface area contributed by atoms with E-state index in [-0.39, 0.29) is 28.3 Å². The van der Waals surface area contributed by atoms with Gasteiger partial charge in [-0.2, -0.15) is 0 Å². The van der Waals surface area contributed by atoms with Gasteiger partial charge in [0, 0.05) is 56.5 Å². The molecule has 1 spiro atoms. The molecule has 0 N–H and O–H groups in total. The summed E-state index contributed by atoms with van der Waals surface area (Å²) in [6.45, 7) is 7.99. The third-order valence-electron chi connectivity index (χ3n) is 7.26. The zero-order valence-corrected chi connectivity index (χ0v) is 21.7. The Kier molecular flexibility index (Phi) is 6.25. The van der Waals surface area contributed by atoms with Crippen LogP contribution < -0.4 is 10.5 Å². The molecule has 0 unspecified atom stereocenters. The molecular formula is C28H32FN5O3. The van der Waals surface area contributed by atoms with Crippen molar-refractivity contribution in [3.63, 3.8) is 0 Å². The first kappa shape index (κ1) is 24.9. The normalized spacial score (nSPS) is 17.0. The Morgan fingerprint density at radius 3 is 2.57 bits per heavy atom. The van der Waals surface area contributed by atoms with Crippen LogP contribution in [0.4, 0.5) is 15.1 Å². The molecule has 1 saturated heterocycles. The van der Waals surface area contributed by atoms with E-state index < -0.39 is 11.4 Å². The third-order valence-corrected chi connectivity index (χ3v) is 7.26. The van der Waals surface area contributed by atoms with Crippen molar-refractivity contribution in [3.8, 4) is 11.3 Å². The highest BCUT2D eigenvalue weighted by Gasteiger charge is 2.44. The standard InChI is InChI=1S/C28H32FN5O3/c1-27(2,3)37-26(36)34-17-19-7-5-6-8-21(19)28(18-34)10-13-33(14-11-28)25-31-23(15-24(35)32(25)4)20-9-12-30-16-22(20)29/h5-9,12,15-16H,10-11,13-14,17-18H2,1-4H3. The van der Waals surface area contributed by atoms with Gasteiger partial charge in [0.15, 0.2) is 5.82 Å². The Labute approximate surface area is 215 Å². The number of ether oxygens (including phenoxy) is 1. The summed E-state index contributed by atoms with van der Waals surface area (Å²) >= 11 is 0. The molecule has 2 aliphatic rings. The molecule has 5 rings (SSSR count). The van der Waals surface area contributed by atoms with Crippen LogP contribution in [0.2, 0.25) is 0 Å². The van der Waals surface area contributed by atoms with Gasteiger partial charge in [-0.05, 0) is 50.8 Å². The zero-order valence-electron chi connectivity index (χ0n) is 21.7. The number of halogens is 1. The van der Waals surface area contributed by atoms with E-state index in [9.17, 15) is 14.0 Å². The molecule has 1 fully saturated rings. The van der Waals surface area contributed by atoms with Crippen LogP contribution in [0.5, 0.6) is 0 Å². The van der Waals surface area contributed by atoms with Crippen LogP contribution in [0.1, 0.15) is 44.7 Å². The van der Waals surface area contributed by atoms with E-state index in [0.717, 1.165) is 24.6 Å². The topological polar surface area (TPSA) is 80.6 Å². The van der Waals surface area contributed by atoms with Crippen LogP contribution in [-0.2, 0) is 23.7 Å². The van der Waals surface area contributed by atoms with E-state index in [1.165, 1.54) is 28.5 Å². The summed E-state index contributed by atoms with van der Waals surface area (Å²) < 4.78 is 21.6. The van der Waals surface area contributed by atoms with Crippen LogP contribution in [0, 0.1) is 5.82 Å². The monoisotopic (exact) mass is 505 g/mol. The highest BCUT2D eigenvalue weighted by Crippen LogP contribution is 2.42. The van der Waals surface area contributed by atoms with Gasteiger partial charge in [0.2, 0.25) is 5.95 Å². The van der Waals surface area contributed by atoms with Crippen molar-refractivity contribution in [2.45, 2.75) is 51.2 Å². The smallest absolute Gasteiger partial charge is 0.410 e. The van der Waals surface area contributed by atoms with Crippen LogP contribution >= 0.6 is 0 Å². The second-order valence-corrected chi connectivity index (χ2v) is 11.0. The highest BCUT2D eigenvalue weighted by atomic mass is 19.1. The maximum absolute atomic E-state index is 14.4. The highest BCUT2D eigenvalue weighted by molar-refractivity contribution is 5.69. The summed E-state index contributed by atoms with van der Waals surface area (Å²) in [6.07, 6.45) is 3.84. The molecule has 9 heteroatoms. The van der Waals surface area contributed by atoms with Crippen molar-refractivity contribution in [3.05, 3.63) is 76.1 Å².